The molecule has 0 heterocycles. The Morgan fingerprint density at radius 2 is 1.55 bits per heavy atom. The summed E-state index contributed by atoms with van der Waals surface area (Å²) in [5, 5.41) is 5.43. The van der Waals surface area contributed by atoms with Gasteiger partial charge in [-0.05, 0) is 48.9 Å². The zero-order chi connectivity index (χ0) is 20.6. The van der Waals surface area contributed by atoms with Crippen LogP contribution in [0.25, 0.3) is 0 Å². The first-order valence-corrected chi connectivity index (χ1v) is 9.02. The molecular formula is C23H20N2O4. The van der Waals surface area contributed by atoms with Gasteiger partial charge in [0.25, 0.3) is 11.8 Å². The van der Waals surface area contributed by atoms with Gasteiger partial charge < -0.3 is 15.4 Å². The minimum absolute atomic E-state index is 0.303. The van der Waals surface area contributed by atoms with Gasteiger partial charge in [0.1, 0.15) is 0 Å². The fourth-order valence-corrected chi connectivity index (χ4v) is 2.69. The maximum absolute atomic E-state index is 12.6. The van der Waals surface area contributed by atoms with Crippen LogP contribution in [0.2, 0.25) is 0 Å². The molecular weight excluding hydrogens is 368 g/mol. The van der Waals surface area contributed by atoms with Crippen molar-refractivity contribution in [1.29, 1.82) is 0 Å². The van der Waals surface area contributed by atoms with Gasteiger partial charge in [0.2, 0.25) is 0 Å². The zero-order valence-electron chi connectivity index (χ0n) is 15.8. The molecule has 0 bridgehead atoms. The number of ether oxygens (including phenoxy) is 1. The molecule has 29 heavy (non-hydrogen) atoms. The molecule has 3 rings (SSSR count). The van der Waals surface area contributed by atoms with Crippen molar-refractivity contribution in [2.45, 2.75) is 6.92 Å². The summed E-state index contributed by atoms with van der Waals surface area (Å²) in [6.45, 7) is 1.47. The van der Waals surface area contributed by atoms with Crippen LogP contribution in [-0.4, -0.2) is 24.4 Å². The molecule has 2 amide bonds. The van der Waals surface area contributed by atoms with Crippen molar-refractivity contribution in [2.24, 2.45) is 0 Å². The van der Waals surface area contributed by atoms with E-state index in [4.69, 9.17) is 4.74 Å². The number of carbonyl (C=O) groups excluding carboxylic acids is 3. The van der Waals surface area contributed by atoms with Gasteiger partial charge in [-0.2, -0.15) is 0 Å². The molecule has 0 saturated heterocycles. The first-order valence-electron chi connectivity index (χ1n) is 9.02. The van der Waals surface area contributed by atoms with Crippen LogP contribution in [0.15, 0.2) is 78.9 Å². The Kier molecular flexibility index (Phi) is 6.37. The lowest BCUT2D eigenvalue weighted by Crippen LogP contribution is -2.23. The fourth-order valence-electron chi connectivity index (χ4n) is 2.69. The summed E-state index contributed by atoms with van der Waals surface area (Å²) in [5.41, 5.74) is 2.67. The average Bonchev–Trinajstić information content (AvgIpc) is 2.73. The molecule has 0 fully saturated rings. The van der Waals surface area contributed by atoms with Crippen LogP contribution >= 0.6 is 0 Å². The zero-order valence-corrected chi connectivity index (χ0v) is 15.8. The van der Waals surface area contributed by atoms with Gasteiger partial charge in [-0.25, -0.2) is 4.79 Å². The van der Waals surface area contributed by atoms with E-state index in [1.165, 1.54) is 0 Å². The molecule has 2 N–H and O–H groups in total. The summed E-state index contributed by atoms with van der Waals surface area (Å²) in [4.78, 5) is 36.8. The standard InChI is InChI=1S/C23H20N2O4/c1-16-8-7-11-18(14-16)24-22(27)19-12-5-6-13-20(19)25-21(26)15-29-23(28)17-9-3-2-4-10-17/h2-14H,15H2,1H3,(H,24,27)(H,25,26). The molecule has 0 saturated carbocycles. The molecule has 0 aliphatic heterocycles. The van der Waals surface area contributed by atoms with E-state index in [0.29, 0.717) is 22.5 Å². The highest BCUT2D eigenvalue weighted by molar-refractivity contribution is 6.10. The molecule has 0 atom stereocenters. The number of nitrogens with one attached hydrogen (secondary N) is 2. The second-order valence-corrected chi connectivity index (χ2v) is 6.36. The molecule has 0 unspecified atom stereocenters. The number of para-hydroxylation sites is 1. The monoisotopic (exact) mass is 388 g/mol. The van der Waals surface area contributed by atoms with Crippen molar-refractivity contribution in [3.63, 3.8) is 0 Å². The Hall–Kier alpha value is -3.93. The molecule has 3 aromatic carbocycles. The number of carbonyl (C=O) groups is 3. The minimum Gasteiger partial charge on any atom is -0.452 e. The molecule has 0 spiro atoms. The van der Waals surface area contributed by atoms with E-state index < -0.39 is 18.5 Å². The highest BCUT2D eigenvalue weighted by Gasteiger charge is 2.15. The van der Waals surface area contributed by atoms with Crippen molar-refractivity contribution in [2.75, 3.05) is 17.2 Å². The third kappa shape index (κ3) is 5.52. The van der Waals surface area contributed by atoms with E-state index in [9.17, 15) is 14.4 Å². The highest BCUT2D eigenvalue weighted by atomic mass is 16.5. The summed E-state index contributed by atoms with van der Waals surface area (Å²) < 4.78 is 5.02. The summed E-state index contributed by atoms with van der Waals surface area (Å²) in [6.07, 6.45) is 0. The van der Waals surface area contributed by atoms with E-state index in [-0.39, 0.29) is 5.91 Å². The SMILES string of the molecule is Cc1cccc(NC(=O)c2ccccc2NC(=O)COC(=O)c2ccccc2)c1. The van der Waals surface area contributed by atoms with E-state index in [2.05, 4.69) is 10.6 Å². The normalized spacial score (nSPS) is 10.1. The van der Waals surface area contributed by atoms with E-state index in [1.54, 1.807) is 60.7 Å². The Bertz CT molecular complexity index is 1030. The lowest BCUT2D eigenvalue weighted by Gasteiger charge is -2.12. The number of esters is 1. The topological polar surface area (TPSA) is 84.5 Å². The molecule has 3 aromatic rings. The molecule has 0 radical (unpaired) electrons. The van der Waals surface area contributed by atoms with Crippen LogP contribution in [0, 0.1) is 6.92 Å². The Morgan fingerprint density at radius 1 is 0.828 bits per heavy atom. The molecule has 0 aliphatic carbocycles. The van der Waals surface area contributed by atoms with Gasteiger partial charge in [-0.1, -0.05) is 42.5 Å². The maximum Gasteiger partial charge on any atom is 0.338 e. The summed E-state index contributed by atoms with van der Waals surface area (Å²) in [5.74, 6) is -1.48. The van der Waals surface area contributed by atoms with Crippen molar-refractivity contribution in [1.82, 2.24) is 0 Å². The van der Waals surface area contributed by atoms with Crippen LogP contribution in [-0.2, 0) is 9.53 Å². The van der Waals surface area contributed by atoms with Gasteiger partial charge in [0, 0.05) is 5.69 Å². The number of hydrogen-bond acceptors (Lipinski definition) is 4. The van der Waals surface area contributed by atoms with Gasteiger partial charge in [-0.3, -0.25) is 9.59 Å². The van der Waals surface area contributed by atoms with Crippen molar-refractivity contribution in [3.8, 4) is 0 Å². The lowest BCUT2D eigenvalue weighted by atomic mass is 10.1. The smallest absolute Gasteiger partial charge is 0.338 e. The number of benzene rings is 3. The van der Waals surface area contributed by atoms with Crippen LogP contribution in [0.1, 0.15) is 26.3 Å². The summed E-state index contributed by atoms with van der Waals surface area (Å²) >= 11 is 0. The molecule has 6 heteroatoms. The van der Waals surface area contributed by atoms with Gasteiger partial charge >= 0.3 is 5.97 Å². The third-order valence-corrected chi connectivity index (χ3v) is 4.07. The second kappa shape index (κ2) is 9.32. The Labute approximate surface area is 168 Å². The summed E-state index contributed by atoms with van der Waals surface area (Å²) in [7, 11) is 0. The van der Waals surface area contributed by atoms with Crippen molar-refractivity contribution >= 4 is 29.2 Å². The van der Waals surface area contributed by atoms with Crippen molar-refractivity contribution in [3.05, 3.63) is 95.6 Å². The van der Waals surface area contributed by atoms with Crippen molar-refractivity contribution < 1.29 is 19.1 Å². The van der Waals surface area contributed by atoms with Crippen LogP contribution in [0.4, 0.5) is 11.4 Å². The first-order chi connectivity index (χ1) is 14.0. The largest absolute Gasteiger partial charge is 0.452 e. The number of aryl methyl sites for hydroxylation is 1. The minimum atomic E-state index is -0.591. The molecule has 0 aromatic heterocycles. The molecule has 6 nitrogen and oxygen atoms in total. The predicted octanol–water partition coefficient (Wildman–Crippen LogP) is 4.04. The van der Waals surface area contributed by atoms with Crippen LogP contribution in [0.3, 0.4) is 0 Å². The second-order valence-electron chi connectivity index (χ2n) is 6.36. The van der Waals surface area contributed by atoms with Crippen LogP contribution < -0.4 is 10.6 Å². The van der Waals surface area contributed by atoms with Gasteiger partial charge in [0.15, 0.2) is 6.61 Å². The maximum atomic E-state index is 12.6. The fraction of sp³-hybridized carbons (Fsp3) is 0.0870. The predicted molar refractivity (Wildman–Crippen MR) is 111 cm³/mol. The summed E-state index contributed by atoms with van der Waals surface area (Å²) in [6, 6.07) is 22.4. The van der Waals surface area contributed by atoms with E-state index in [1.807, 2.05) is 25.1 Å². The number of amides is 2. The Balaban J connectivity index is 1.63. The number of rotatable bonds is 6. The molecule has 0 aliphatic rings. The van der Waals surface area contributed by atoms with E-state index in [0.717, 1.165) is 5.56 Å². The number of hydrogen-bond donors (Lipinski definition) is 2. The quantitative estimate of drug-likeness (QED) is 0.624. The average molecular weight is 388 g/mol. The lowest BCUT2D eigenvalue weighted by molar-refractivity contribution is -0.119. The van der Waals surface area contributed by atoms with Crippen LogP contribution in [0.5, 0.6) is 0 Å². The number of anilines is 2. The third-order valence-electron chi connectivity index (χ3n) is 4.07. The van der Waals surface area contributed by atoms with Gasteiger partial charge in [0.05, 0.1) is 16.8 Å². The highest BCUT2D eigenvalue weighted by Crippen LogP contribution is 2.18. The Morgan fingerprint density at radius 3 is 2.31 bits per heavy atom. The van der Waals surface area contributed by atoms with E-state index >= 15 is 0 Å². The van der Waals surface area contributed by atoms with Gasteiger partial charge in [-0.15, -0.1) is 0 Å². The molecule has 146 valence electrons. The first kappa shape index (κ1) is 19.8.